The van der Waals surface area contributed by atoms with Crippen LogP contribution < -0.4 is 6.15 Å². The molecule has 0 saturated carbocycles. The summed E-state index contributed by atoms with van der Waals surface area (Å²) in [6.07, 6.45) is 0. The predicted molar refractivity (Wildman–Crippen MR) is 56.0 cm³/mol. The van der Waals surface area contributed by atoms with E-state index in [1.54, 1.807) is 0 Å². The second-order valence-corrected chi connectivity index (χ2v) is 0.900. The molecule has 8 heteroatoms. The molecule has 0 atom stereocenters. The Hall–Kier alpha value is 0.480. The number of hydrogen-bond acceptors (Lipinski definition) is 7. The molecule has 0 heterocycles. The minimum atomic E-state index is 0. The summed E-state index contributed by atoms with van der Waals surface area (Å²) >= 11 is 9.28. The average Bonchev–Trinajstić information content (AvgIpc) is 1.70. The molecule has 0 aliphatic carbocycles. The summed E-state index contributed by atoms with van der Waals surface area (Å²) in [5.74, 6) is 0. The van der Waals surface area contributed by atoms with E-state index in [2.05, 4.69) is 37.9 Å². The van der Waals surface area contributed by atoms with E-state index in [1.165, 1.54) is 16.2 Å². The van der Waals surface area contributed by atoms with Crippen molar-refractivity contribution in [1.82, 2.24) is 6.15 Å². The number of thiocyanates is 3. The van der Waals surface area contributed by atoms with E-state index in [1.807, 2.05) is 0 Å². The summed E-state index contributed by atoms with van der Waals surface area (Å²) in [4.78, 5) is 0. The van der Waals surface area contributed by atoms with Gasteiger partial charge >= 0.3 is 29.6 Å². The predicted octanol–water partition coefficient (Wildman–Crippen LogP) is 0.705. The normalized spacial score (nSPS) is 2.18. The Morgan fingerprint density at radius 3 is 0.727 bits per heavy atom. The van der Waals surface area contributed by atoms with Crippen LogP contribution in [0.2, 0.25) is 0 Å². The van der Waals surface area contributed by atoms with Crippen LogP contribution in [0.25, 0.3) is 0 Å². The molecule has 0 unspecified atom stereocenters. The Morgan fingerprint density at radius 1 is 0.727 bits per heavy atom. The molecule has 0 aromatic carbocycles. The quantitative estimate of drug-likeness (QED) is 0.273. The summed E-state index contributed by atoms with van der Waals surface area (Å²) < 4.78 is 0. The van der Waals surface area contributed by atoms with Crippen LogP contribution in [0.3, 0.4) is 0 Å². The van der Waals surface area contributed by atoms with Gasteiger partial charge in [0.2, 0.25) is 0 Å². The molecule has 0 bridgehead atoms. The van der Waals surface area contributed by atoms with Gasteiger partial charge in [0.15, 0.2) is 0 Å². The van der Waals surface area contributed by atoms with E-state index < -0.39 is 0 Å². The van der Waals surface area contributed by atoms with Crippen molar-refractivity contribution in [2.24, 2.45) is 0 Å². The van der Waals surface area contributed by atoms with Crippen LogP contribution in [-0.2, 0) is 0 Å². The van der Waals surface area contributed by atoms with Gasteiger partial charge in [-0.3, -0.25) is 0 Å². The fraction of sp³-hybridized carbons (Fsp3) is 0. The van der Waals surface area contributed by atoms with E-state index in [0.717, 1.165) is 0 Å². The topological polar surface area (TPSA) is 106 Å². The zero-order valence-corrected chi connectivity index (χ0v) is 7.57. The molecule has 0 fully saturated rings. The Balaban J connectivity index is -0.0000000150. The molecule has 3 N–H and O–H groups in total. The molecule has 0 aromatic rings. The Kier molecular flexibility index (Phi) is 212. The van der Waals surface area contributed by atoms with E-state index >= 15 is 0 Å². The third kappa shape index (κ3) is 3270. The maximum atomic E-state index is 7.18. The third-order valence-corrected chi connectivity index (χ3v) is 0. The van der Waals surface area contributed by atoms with Crippen LogP contribution in [0.4, 0.5) is 0 Å². The number of hydrogen-bond donors (Lipinski definition) is 4. The molecule has 0 spiro atoms. The van der Waals surface area contributed by atoms with E-state index in [4.69, 9.17) is 15.8 Å². The van der Waals surface area contributed by atoms with E-state index in [0.29, 0.717) is 0 Å². The molecule has 58 valence electrons. The van der Waals surface area contributed by atoms with Gasteiger partial charge < -0.3 is 6.15 Å². The standard InChI is InChI=1S/3CHNS.H3N.Na.H/c3*2-1-3;;;/h3*3H;1H3;;. The molecule has 0 amide bonds. The van der Waals surface area contributed by atoms with Crippen molar-refractivity contribution in [2.75, 3.05) is 0 Å². The molecular formula is C3H7N4NaS3. The third-order valence-electron chi connectivity index (χ3n) is 0. The van der Waals surface area contributed by atoms with Crippen molar-refractivity contribution >= 4 is 67.4 Å². The number of nitriles is 3. The van der Waals surface area contributed by atoms with Crippen molar-refractivity contribution in [2.45, 2.75) is 0 Å². The molecular weight excluding hydrogens is 211 g/mol. The van der Waals surface area contributed by atoms with Gasteiger partial charge in [0.1, 0.15) is 16.2 Å². The van der Waals surface area contributed by atoms with Gasteiger partial charge in [-0.05, 0) is 0 Å². The molecule has 0 saturated heterocycles. The summed E-state index contributed by atoms with van der Waals surface area (Å²) in [6, 6.07) is 0. The fourth-order valence-electron chi connectivity index (χ4n) is 0. The second kappa shape index (κ2) is 77.8. The van der Waals surface area contributed by atoms with Crippen molar-refractivity contribution in [3.8, 4) is 16.2 Å². The first-order chi connectivity index (χ1) is 4.24. The number of nitrogens with zero attached hydrogens (tertiary/aromatic N) is 3. The van der Waals surface area contributed by atoms with Gasteiger partial charge in [-0.15, -0.1) is 0 Å². The van der Waals surface area contributed by atoms with Gasteiger partial charge in [0.05, 0.1) is 0 Å². The van der Waals surface area contributed by atoms with Gasteiger partial charge in [-0.1, -0.05) is 37.9 Å². The van der Waals surface area contributed by atoms with Crippen molar-refractivity contribution < 1.29 is 0 Å². The Labute approximate surface area is 105 Å². The van der Waals surface area contributed by atoms with Crippen LogP contribution >= 0.6 is 37.9 Å². The zero-order valence-electron chi connectivity index (χ0n) is 4.89. The molecule has 0 radical (unpaired) electrons. The van der Waals surface area contributed by atoms with Gasteiger partial charge in [-0.25, -0.2) is 0 Å². The second-order valence-electron chi connectivity index (χ2n) is 0.300. The Morgan fingerprint density at radius 2 is 0.727 bits per heavy atom. The minimum absolute atomic E-state index is 0. The first-order valence-electron chi connectivity index (χ1n) is 1.34. The first-order valence-corrected chi connectivity index (χ1v) is 2.68. The molecule has 0 aromatic heterocycles. The van der Waals surface area contributed by atoms with E-state index in [9.17, 15) is 0 Å². The van der Waals surface area contributed by atoms with Crippen molar-refractivity contribution in [1.29, 1.82) is 15.8 Å². The van der Waals surface area contributed by atoms with Crippen molar-refractivity contribution in [3.05, 3.63) is 0 Å². The maximum absolute atomic E-state index is 7.18. The SMILES string of the molecule is N.N#CS.N#CS.N#CS.[NaH]. The molecule has 0 aliphatic rings. The zero-order chi connectivity index (χ0) is 8.12. The van der Waals surface area contributed by atoms with Crippen LogP contribution in [-0.4, -0.2) is 29.6 Å². The number of thiol groups is 3. The number of rotatable bonds is 0. The van der Waals surface area contributed by atoms with Crippen LogP contribution in [0.1, 0.15) is 0 Å². The van der Waals surface area contributed by atoms with Gasteiger partial charge in [0.25, 0.3) is 0 Å². The molecule has 11 heavy (non-hydrogen) atoms. The monoisotopic (exact) mass is 218 g/mol. The summed E-state index contributed by atoms with van der Waals surface area (Å²) in [5, 5.41) is 25.9. The van der Waals surface area contributed by atoms with Gasteiger partial charge in [-0.2, -0.15) is 15.8 Å². The first kappa shape index (κ1) is 30.0. The summed E-state index contributed by atoms with van der Waals surface area (Å²) in [5.41, 5.74) is 0. The van der Waals surface area contributed by atoms with Crippen LogP contribution in [0.15, 0.2) is 0 Å². The van der Waals surface area contributed by atoms with Crippen LogP contribution in [0.5, 0.6) is 0 Å². The van der Waals surface area contributed by atoms with Crippen LogP contribution in [0, 0.1) is 32.0 Å². The molecule has 0 rings (SSSR count). The molecule has 0 aliphatic heterocycles. The Bertz CT molecular complexity index is 114. The van der Waals surface area contributed by atoms with Gasteiger partial charge in [0, 0.05) is 0 Å². The summed E-state index contributed by atoms with van der Waals surface area (Å²) in [7, 11) is 0. The molecule has 4 nitrogen and oxygen atoms in total. The fourth-order valence-corrected chi connectivity index (χ4v) is 0. The summed E-state index contributed by atoms with van der Waals surface area (Å²) in [6.45, 7) is 0. The van der Waals surface area contributed by atoms with E-state index in [-0.39, 0.29) is 35.7 Å². The average molecular weight is 218 g/mol. The van der Waals surface area contributed by atoms with Crippen molar-refractivity contribution in [3.63, 3.8) is 0 Å².